The zero-order chi connectivity index (χ0) is 11.4. The number of carbonyl (C=O) groups excluding carboxylic acids is 1. The molecule has 0 radical (unpaired) electrons. The van der Waals surface area contributed by atoms with Gasteiger partial charge in [0, 0.05) is 10.9 Å². The van der Waals surface area contributed by atoms with Gasteiger partial charge in [-0.3, -0.25) is 0 Å². The van der Waals surface area contributed by atoms with Gasteiger partial charge in [-0.2, -0.15) is 0 Å². The van der Waals surface area contributed by atoms with Crippen LogP contribution in [0, 0.1) is 0 Å². The molecule has 0 aliphatic heterocycles. The largest absolute Gasteiger partial charge is 0.464 e. The molecule has 6 heteroatoms. The summed E-state index contributed by atoms with van der Waals surface area (Å²) in [7, 11) is 1.21. The lowest BCUT2D eigenvalue weighted by molar-refractivity contribution is 0.0593. The number of carbonyl (C=O) groups is 1. The highest BCUT2D eigenvalue weighted by Crippen LogP contribution is 2.23. The highest BCUT2D eigenvalue weighted by Gasteiger charge is 2.16. The molecular formula is C9H8BrF2NO2. The van der Waals surface area contributed by atoms with Crippen LogP contribution in [0.4, 0.5) is 8.78 Å². The second-order valence-corrected chi connectivity index (χ2v) is 3.22. The van der Waals surface area contributed by atoms with Crippen LogP contribution in [0.2, 0.25) is 0 Å². The molecule has 0 atom stereocenters. The van der Waals surface area contributed by atoms with Crippen molar-refractivity contribution >= 4 is 21.9 Å². The van der Waals surface area contributed by atoms with Crippen LogP contribution in [0.3, 0.4) is 0 Å². The van der Waals surface area contributed by atoms with Gasteiger partial charge in [0.1, 0.15) is 5.69 Å². The van der Waals surface area contributed by atoms with Gasteiger partial charge in [-0.15, -0.1) is 0 Å². The summed E-state index contributed by atoms with van der Waals surface area (Å²) >= 11 is 3.03. The summed E-state index contributed by atoms with van der Waals surface area (Å²) < 4.78 is 29.3. The molecule has 1 aromatic rings. The van der Waals surface area contributed by atoms with E-state index in [0.717, 1.165) is 0 Å². The molecule has 0 N–H and O–H groups in total. The molecule has 0 aromatic carbocycles. The lowest BCUT2D eigenvalue weighted by Gasteiger charge is -2.06. The van der Waals surface area contributed by atoms with Crippen LogP contribution >= 0.6 is 15.9 Å². The van der Waals surface area contributed by atoms with Crippen molar-refractivity contribution in [2.45, 2.75) is 11.8 Å². The number of rotatable bonds is 3. The number of aromatic nitrogens is 1. The molecule has 0 unspecified atom stereocenters. The normalized spacial score (nSPS) is 10.5. The molecule has 1 heterocycles. The van der Waals surface area contributed by atoms with Crippen LogP contribution in [0.1, 0.15) is 28.2 Å². The van der Waals surface area contributed by atoms with Crippen molar-refractivity contribution in [1.29, 1.82) is 0 Å². The van der Waals surface area contributed by atoms with Crippen molar-refractivity contribution < 1.29 is 18.3 Å². The number of hydrogen-bond donors (Lipinski definition) is 0. The summed E-state index contributed by atoms with van der Waals surface area (Å²) in [5, 5.41) is 0.164. The molecule has 0 aliphatic carbocycles. The molecule has 3 nitrogen and oxygen atoms in total. The minimum absolute atomic E-state index is 0.0244. The minimum Gasteiger partial charge on any atom is -0.464 e. The predicted octanol–water partition coefficient (Wildman–Crippen LogP) is 2.70. The highest BCUT2D eigenvalue weighted by atomic mass is 79.9. The number of alkyl halides is 3. The minimum atomic E-state index is -2.60. The van der Waals surface area contributed by atoms with Gasteiger partial charge in [-0.05, 0) is 12.1 Å². The van der Waals surface area contributed by atoms with Gasteiger partial charge >= 0.3 is 5.97 Å². The summed E-state index contributed by atoms with van der Waals surface area (Å²) in [6.07, 6.45) is -2.60. The van der Waals surface area contributed by atoms with E-state index in [1.807, 2.05) is 0 Å². The molecule has 0 fully saturated rings. The molecular weight excluding hydrogens is 272 g/mol. The maximum atomic E-state index is 12.5. The molecule has 15 heavy (non-hydrogen) atoms. The molecule has 1 aromatic heterocycles. The summed E-state index contributed by atoms with van der Waals surface area (Å²) in [5.74, 6) is -0.641. The van der Waals surface area contributed by atoms with Crippen molar-refractivity contribution in [2.24, 2.45) is 0 Å². The van der Waals surface area contributed by atoms with Gasteiger partial charge in [-0.1, -0.05) is 15.9 Å². The Hall–Kier alpha value is -1.04. The van der Waals surface area contributed by atoms with Gasteiger partial charge in [0.2, 0.25) is 0 Å². The van der Waals surface area contributed by atoms with Crippen LogP contribution in [0.15, 0.2) is 12.1 Å². The molecule has 1 rings (SSSR count). The highest BCUT2D eigenvalue weighted by molar-refractivity contribution is 9.08. The molecule has 0 aliphatic rings. The number of ether oxygens (including phenoxy) is 1. The van der Waals surface area contributed by atoms with E-state index in [2.05, 4.69) is 25.7 Å². The molecule has 0 saturated carbocycles. The third kappa shape index (κ3) is 2.71. The summed E-state index contributed by atoms with van der Waals surface area (Å²) in [5.41, 5.74) is -0.0104. The van der Waals surface area contributed by atoms with Gasteiger partial charge in [0.05, 0.1) is 12.8 Å². The standard InChI is InChI=1S/C9H8BrF2NO2/c1-15-9(14)6-3-2-5(8(11)12)7(4-10)13-6/h2-3,8H,4H2,1H3. The fraction of sp³-hybridized carbons (Fsp3) is 0.333. The van der Waals surface area contributed by atoms with Gasteiger partial charge in [0.15, 0.2) is 0 Å². The van der Waals surface area contributed by atoms with Crippen molar-refractivity contribution in [1.82, 2.24) is 4.98 Å². The Morgan fingerprint density at radius 1 is 1.60 bits per heavy atom. The number of halogens is 3. The van der Waals surface area contributed by atoms with E-state index < -0.39 is 12.4 Å². The molecule has 0 amide bonds. The number of hydrogen-bond acceptors (Lipinski definition) is 3. The first-order valence-electron chi connectivity index (χ1n) is 4.02. The van der Waals surface area contributed by atoms with Gasteiger partial charge in [0.25, 0.3) is 6.43 Å². The van der Waals surface area contributed by atoms with Gasteiger partial charge in [-0.25, -0.2) is 18.6 Å². The fourth-order valence-electron chi connectivity index (χ4n) is 1.04. The average Bonchev–Trinajstić information content (AvgIpc) is 2.26. The third-order valence-corrected chi connectivity index (χ3v) is 2.30. The molecule has 82 valence electrons. The zero-order valence-electron chi connectivity index (χ0n) is 7.84. The van der Waals surface area contributed by atoms with E-state index in [0.29, 0.717) is 0 Å². The maximum Gasteiger partial charge on any atom is 0.356 e. The van der Waals surface area contributed by atoms with Crippen molar-refractivity contribution in [2.75, 3.05) is 7.11 Å². The first kappa shape index (κ1) is 12.0. The quantitative estimate of drug-likeness (QED) is 0.631. The number of methoxy groups -OCH3 is 1. The van der Waals surface area contributed by atoms with Crippen LogP contribution in [0.25, 0.3) is 0 Å². The van der Waals surface area contributed by atoms with E-state index in [-0.39, 0.29) is 22.3 Å². The third-order valence-electron chi connectivity index (χ3n) is 1.77. The number of pyridine rings is 1. The average molecular weight is 280 g/mol. The Kier molecular flexibility index (Phi) is 4.14. The van der Waals surface area contributed by atoms with Crippen LogP contribution in [-0.4, -0.2) is 18.1 Å². The fourth-order valence-corrected chi connectivity index (χ4v) is 1.49. The number of esters is 1. The monoisotopic (exact) mass is 279 g/mol. The van der Waals surface area contributed by atoms with E-state index in [9.17, 15) is 13.6 Å². The van der Waals surface area contributed by atoms with Crippen LogP contribution in [0.5, 0.6) is 0 Å². The lowest BCUT2D eigenvalue weighted by Crippen LogP contribution is -2.07. The summed E-state index contributed by atoms with van der Waals surface area (Å²) in [4.78, 5) is 14.9. The van der Waals surface area contributed by atoms with E-state index >= 15 is 0 Å². The Morgan fingerprint density at radius 3 is 2.73 bits per heavy atom. The Labute approximate surface area is 93.6 Å². The maximum absolute atomic E-state index is 12.5. The summed E-state index contributed by atoms with van der Waals surface area (Å²) in [6.45, 7) is 0. The van der Waals surface area contributed by atoms with E-state index in [1.165, 1.54) is 19.2 Å². The van der Waals surface area contributed by atoms with E-state index in [1.54, 1.807) is 0 Å². The Morgan fingerprint density at radius 2 is 2.27 bits per heavy atom. The SMILES string of the molecule is COC(=O)c1ccc(C(F)F)c(CBr)n1. The first-order valence-corrected chi connectivity index (χ1v) is 5.14. The Balaban J connectivity index is 3.13. The van der Waals surface area contributed by atoms with Crippen molar-refractivity contribution in [3.63, 3.8) is 0 Å². The topological polar surface area (TPSA) is 39.2 Å². The van der Waals surface area contributed by atoms with Crippen molar-refractivity contribution in [3.05, 3.63) is 29.1 Å². The number of nitrogens with zero attached hydrogens (tertiary/aromatic N) is 1. The van der Waals surface area contributed by atoms with Gasteiger partial charge < -0.3 is 4.74 Å². The molecule has 0 bridgehead atoms. The first-order chi connectivity index (χ1) is 7.10. The zero-order valence-corrected chi connectivity index (χ0v) is 9.42. The second kappa shape index (κ2) is 5.16. The van der Waals surface area contributed by atoms with Crippen molar-refractivity contribution in [3.8, 4) is 0 Å². The Bertz CT molecular complexity index is 371. The van der Waals surface area contributed by atoms with E-state index in [4.69, 9.17) is 0 Å². The molecule has 0 saturated heterocycles. The second-order valence-electron chi connectivity index (χ2n) is 2.66. The van der Waals surface area contributed by atoms with Crippen LogP contribution < -0.4 is 0 Å². The predicted molar refractivity (Wildman–Crippen MR) is 53.2 cm³/mol. The molecule has 0 spiro atoms. The summed E-state index contributed by atoms with van der Waals surface area (Å²) in [6, 6.07) is 2.40. The smallest absolute Gasteiger partial charge is 0.356 e. The van der Waals surface area contributed by atoms with Crippen LogP contribution in [-0.2, 0) is 10.1 Å². The lowest BCUT2D eigenvalue weighted by atomic mass is 10.2.